The first-order valence-corrected chi connectivity index (χ1v) is 19.3. The van der Waals surface area contributed by atoms with E-state index in [0.29, 0.717) is 0 Å². The fourth-order valence-corrected chi connectivity index (χ4v) is 9.54. The molecule has 0 aliphatic heterocycles. The van der Waals surface area contributed by atoms with Gasteiger partial charge in [0.1, 0.15) is 0 Å². The van der Waals surface area contributed by atoms with Crippen molar-refractivity contribution in [2.24, 2.45) is 0 Å². The Balaban J connectivity index is 1.20. The van der Waals surface area contributed by atoms with Crippen LogP contribution in [0, 0.1) is 0 Å². The van der Waals surface area contributed by atoms with Crippen LogP contribution >= 0.6 is 0 Å². The average molecular weight is 699 g/mol. The van der Waals surface area contributed by atoms with Crippen LogP contribution in [0.15, 0.2) is 194 Å². The van der Waals surface area contributed by atoms with Gasteiger partial charge in [-0.05, 0) is 134 Å². The molecule has 0 atom stereocenters. The largest absolute Gasteiger partial charge is 0.0619 e. The Morgan fingerprint density at radius 2 is 0.818 bits per heavy atom. The van der Waals surface area contributed by atoms with Crippen molar-refractivity contribution in [2.45, 2.75) is 19.3 Å². The lowest BCUT2D eigenvalue weighted by Gasteiger charge is -2.22. The van der Waals surface area contributed by atoms with Gasteiger partial charge in [-0.1, -0.05) is 184 Å². The highest BCUT2D eigenvalue weighted by atomic mass is 14.4. The highest BCUT2D eigenvalue weighted by Crippen LogP contribution is 2.51. The SMILES string of the molecule is CC1(C)c2ccccc2-c2cc(-c3c4ccccc4c(-c4cccc(-c5ccc6ccccc6c5)c4)c4ccc(-c5cccc6ccccc56)cc34)ccc21. The molecule has 0 unspecified atom stereocenters. The van der Waals surface area contributed by atoms with E-state index < -0.39 is 0 Å². The number of rotatable bonds is 4. The van der Waals surface area contributed by atoms with Gasteiger partial charge in [0.15, 0.2) is 0 Å². The molecule has 0 saturated carbocycles. The molecule has 258 valence electrons. The average Bonchev–Trinajstić information content (AvgIpc) is 3.47. The van der Waals surface area contributed by atoms with Crippen LogP contribution in [0.1, 0.15) is 25.0 Å². The predicted molar refractivity (Wildman–Crippen MR) is 236 cm³/mol. The molecule has 0 bridgehead atoms. The number of benzene rings is 10. The molecule has 10 aromatic rings. The van der Waals surface area contributed by atoms with Crippen molar-refractivity contribution in [2.75, 3.05) is 0 Å². The van der Waals surface area contributed by atoms with Gasteiger partial charge in [-0.25, -0.2) is 0 Å². The number of fused-ring (bicyclic) bond motifs is 7. The second-order valence-corrected chi connectivity index (χ2v) is 15.7. The van der Waals surface area contributed by atoms with E-state index in [1.165, 1.54) is 110 Å². The Morgan fingerprint density at radius 3 is 1.67 bits per heavy atom. The van der Waals surface area contributed by atoms with Crippen molar-refractivity contribution < 1.29 is 0 Å². The Labute approximate surface area is 322 Å². The molecular weight excluding hydrogens is 661 g/mol. The van der Waals surface area contributed by atoms with E-state index in [1.54, 1.807) is 0 Å². The molecule has 0 amide bonds. The van der Waals surface area contributed by atoms with Gasteiger partial charge in [-0.3, -0.25) is 0 Å². The third-order valence-corrected chi connectivity index (χ3v) is 12.2. The molecule has 55 heavy (non-hydrogen) atoms. The zero-order valence-corrected chi connectivity index (χ0v) is 31.0. The molecule has 0 aromatic heterocycles. The number of hydrogen-bond acceptors (Lipinski definition) is 0. The summed E-state index contributed by atoms with van der Waals surface area (Å²) in [5.74, 6) is 0. The van der Waals surface area contributed by atoms with Crippen LogP contribution in [0.25, 0.3) is 98.7 Å². The Morgan fingerprint density at radius 1 is 0.273 bits per heavy atom. The third-order valence-electron chi connectivity index (χ3n) is 12.2. The maximum absolute atomic E-state index is 2.47. The fourth-order valence-electron chi connectivity index (χ4n) is 9.54. The number of hydrogen-bond donors (Lipinski definition) is 0. The van der Waals surface area contributed by atoms with Crippen molar-refractivity contribution in [1.29, 1.82) is 0 Å². The van der Waals surface area contributed by atoms with Gasteiger partial charge in [-0.2, -0.15) is 0 Å². The molecule has 0 saturated heterocycles. The van der Waals surface area contributed by atoms with Crippen molar-refractivity contribution in [3.8, 4) is 55.6 Å². The molecule has 0 radical (unpaired) electrons. The Kier molecular flexibility index (Phi) is 7.00. The monoisotopic (exact) mass is 698 g/mol. The molecule has 0 spiro atoms. The maximum atomic E-state index is 2.47. The van der Waals surface area contributed by atoms with Crippen LogP contribution in [0.5, 0.6) is 0 Å². The van der Waals surface area contributed by atoms with E-state index in [9.17, 15) is 0 Å². The summed E-state index contributed by atoms with van der Waals surface area (Å²) in [7, 11) is 0. The van der Waals surface area contributed by atoms with Gasteiger partial charge in [0.25, 0.3) is 0 Å². The summed E-state index contributed by atoms with van der Waals surface area (Å²) < 4.78 is 0. The zero-order valence-electron chi connectivity index (χ0n) is 31.0. The summed E-state index contributed by atoms with van der Waals surface area (Å²) in [5.41, 5.74) is 15.4. The van der Waals surface area contributed by atoms with Crippen molar-refractivity contribution >= 4 is 43.1 Å². The first-order valence-electron chi connectivity index (χ1n) is 19.3. The standard InChI is InChI=1S/C55H38/c1-55(2)51-24-10-9-20-45(51)49-34-42(28-30-52(49)55)54-47-22-8-7-21-46(47)53(41-18-11-17-38(32-41)39-26-25-35-13-3-4-15-37(35)31-39)48-29-27-40(33-50(48)54)44-23-12-16-36-14-5-6-19-43(36)44/h3-34H,1-2H3. The van der Waals surface area contributed by atoms with Crippen LogP contribution in [0.3, 0.4) is 0 Å². The molecule has 0 heteroatoms. The van der Waals surface area contributed by atoms with E-state index in [1.807, 2.05) is 0 Å². The second kappa shape index (κ2) is 12.1. The normalized spacial score (nSPS) is 13.1. The van der Waals surface area contributed by atoms with E-state index in [2.05, 4.69) is 208 Å². The summed E-state index contributed by atoms with van der Waals surface area (Å²) in [6.45, 7) is 4.72. The van der Waals surface area contributed by atoms with E-state index >= 15 is 0 Å². The fraction of sp³-hybridized carbons (Fsp3) is 0.0545. The van der Waals surface area contributed by atoms with Gasteiger partial charge >= 0.3 is 0 Å². The molecule has 0 N–H and O–H groups in total. The topological polar surface area (TPSA) is 0 Å². The van der Waals surface area contributed by atoms with Gasteiger partial charge in [0.2, 0.25) is 0 Å². The van der Waals surface area contributed by atoms with Crippen LogP contribution in [-0.2, 0) is 5.41 Å². The predicted octanol–water partition coefficient (Wildman–Crippen LogP) is 15.3. The summed E-state index contributed by atoms with van der Waals surface area (Å²) in [6, 6.07) is 72.4. The quantitative estimate of drug-likeness (QED) is 0.161. The lowest BCUT2D eigenvalue weighted by molar-refractivity contribution is 0.660. The third kappa shape index (κ3) is 4.92. The summed E-state index contributed by atoms with van der Waals surface area (Å²) >= 11 is 0. The smallest absolute Gasteiger partial charge is 0.0158 e. The van der Waals surface area contributed by atoms with Crippen molar-refractivity contribution in [3.63, 3.8) is 0 Å². The van der Waals surface area contributed by atoms with Gasteiger partial charge in [0.05, 0.1) is 0 Å². The lowest BCUT2D eigenvalue weighted by Crippen LogP contribution is -2.14. The van der Waals surface area contributed by atoms with Crippen LogP contribution in [-0.4, -0.2) is 0 Å². The minimum absolute atomic E-state index is 0.0456. The van der Waals surface area contributed by atoms with Crippen molar-refractivity contribution in [3.05, 3.63) is 205 Å². The van der Waals surface area contributed by atoms with Gasteiger partial charge < -0.3 is 0 Å². The maximum Gasteiger partial charge on any atom is 0.0158 e. The Bertz CT molecular complexity index is 3170. The van der Waals surface area contributed by atoms with Crippen molar-refractivity contribution in [1.82, 2.24) is 0 Å². The molecule has 1 aliphatic rings. The van der Waals surface area contributed by atoms with Gasteiger partial charge in [0, 0.05) is 5.41 Å². The minimum Gasteiger partial charge on any atom is -0.0619 e. The van der Waals surface area contributed by atoms with Crippen LogP contribution in [0.2, 0.25) is 0 Å². The molecule has 0 fully saturated rings. The first kappa shape index (κ1) is 31.7. The molecule has 10 aromatic carbocycles. The summed E-state index contributed by atoms with van der Waals surface area (Å²) in [6.07, 6.45) is 0. The zero-order chi connectivity index (χ0) is 36.7. The van der Waals surface area contributed by atoms with E-state index in [0.717, 1.165) is 0 Å². The molecule has 0 nitrogen and oxygen atoms in total. The summed E-state index contributed by atoms with van der Waals surface area (Å²) in [5, 5.41) is 10.1. The van der Waals surface area contributed by atoms with E-state index in [4.69, 9.17) is 0 Å². The highest BCUT2D eigenvalue weighted by molar-refractivity contribution is 6.22. The molecule has 1 aliphatic carbocycles. The van der Waals surface area contributed by atoms with Crippen LogP contribution < -0.4 is 0 Å². The molecule has 11 rings (SSSR count). The molecular formula is C55H38. The van der Waals surface area contributed by atoms with E-state index in [-0.39, 0.29) is 5.41 Å². The molecule has 0 heterocycles. The van der Waals surface area contributed by atoms with Gasteiger partial charge in [-0.15, -0.1) is 0 Å². The lowest BCUT2D eigenvalue weighted by atomic mass is 9.81. The summed E-state index contributed by atoms with van der Waals surface area (Å²) in [4.78, 5) is 0. The first-order chi connectivity index (χ1) is 27.0. The minimum atomic E-state index is -0.0456. The Hall–Kier alpha value is -6.76. The second-order valence-electron chi connectivity index (χ2n) is 15.7. The van der Waals surface area contributed by atoms with Crippen LogP contribution in [0.4, 0.5) is 0 Å². The highest BCUT2D eigenvalue weighted by Gasteiger charge is 2.35.